The molecule has 0 aliphatic rings. The minimum Gasteiger partial charge on any atom is -0.483 e. The topological polar surface area (TPSA) is 88.8 Å². The zero-order valence-electron chi connectivity index (χ0n) is 13.6. The van der Waals surface area contributed by atoms with Crippen molar-refractivity contribution in [1.82, 2.24) is 5.32 Å². The molecular weight excluding hydrogens is 322 g/mol. The van der Waals surface area contributed by atoms with Crippen molar-refractivity contribution in [2.45, 2.75) is 13.0 Å². The number of carboxylic acids is 1. The fourth-order valence-electron chi connectivity index (χ4n) is 2.54. The monoisotopic (exact) mass is 339 g/mol. The number of carboxylic acid groups (broad SMARTS) is 1. The number of aromatic carboxylic acids is 1. The third kappa shape index (κ3) is 3.80. The van der Waals surface area contributed by atoms with Gasteiger partial charge in [0.15, 0.2) is 6.61 Å². The van der Waals surface area contributed by atoms with Gasteiger partial charge in [-0.1, -0.05) is 24.3 Å². The van der Waals surface area contributed by atoms with E-state index in [1.54, 1.807) is 25.1 Å². The molecule has 1 heterocycles. The van der Waals surface area contributed by atoms with Crippen molar-refractivity contribution in [3.05, 3.63) is 66.1 Å². The Bertz CT molecular complexity index is 901. The lowest BCUT2D eigenvalue weighted by atomic mass is 10.1. The minimum atomic E-state index is -1.11. The van der Waals surface area contributed by atoms with Crippen LogP contribution in [0.25, 0.3) is 10.8 Å². The van der Waals surface area contributed by atoms with E-state index in [0.717, 1.165) is 10.8 Å². The summed E-state index contributed by atoms with van der Waals surface area (Å²) in [6, 6.07) is 13.7. The Hall–Kier alpha value is -3.28. The van der Waals surface area contributed by atoms with Gasteiger partial charge in [-0.05, 0) is 42.0 Å². The molecule has 0 saturated heterocycles. The number of hydrogen-bond acceptors (Lipinski definition) is 4. The maximum atomic E-state index is 12.0. The molecule has 0 saturated carbocycles. The molecule has 2 N–H and O–H groups in total. The SMILES string of the molecule is C[C@H](NC(=O)COc1cc2ccccc2cc1C(=O)O)c1ccco1. The summed E-state index contributed by atoms with van der Waals surface area (Å²) >= 11 is 0. The highest BCUT2D eigenvalue weighted by Crippen LogP contribution is 2.26. The van der Waals surface area contributed by atoms with E-state index in [-0.39, 0.29) is 29.9 Å². The summed E-state index contributed by atoms with van der Waals surface area (Å²) in [5, 5.41) is 13.7. The molecule has 128 valence electrons. The lowest BCUT2D eigenvalue weighted by Crippen LogP contribution is -2.31. The van der Waals surface area contributed by atoms with Crippen LogP contribution in [0.15, 0.2) is 59.2 Å². The number of carbonyl (C=O) groups is 2. The summed E-state index contributed by atoms with van der Waals surface area (Å²) in [4.78, 5) is 23.5. The van der Waals surface area contributed by atoms with Gasteiger partial charge in [0.1, 0.15) is 17.1 Å². The zero-order valence-corrected chi connectivity index (χ0v) is 13.6. The maximum absolute atomic E-state index is 12.0. The number of carbonyl (C=O) groups excluding carboxylic acids is 1. The van der Waals surface area contributed by atoms with E-state index >= 15 is 0 Å². The molecule has 25 heavy (non-hydrogen) atoms. The Kier molecular flexibility index (Phi) is 4.70. The highest BCUT2D eigenvalue weighted by Gasteiger charge is 2.16. The summed E-state index contributed by atoms with van der Waals surface area (Å²) in [6.07, 6.45) is 1.53. The van der Waals surface area contributed by atoms with E-state index in [2.05, 4.69) is 5.32 Å². The number of furan rings is 1. The van der Waals surface area contributed by atoms with Gasteiger partial charge in [0.2, 0.25) is 0 Å². The molecule has 1 aromatic heterocycles. The molecule has 1 amide bonds. The van der Waals surface area contributed by atoms with Crippen molar-refractivity contribution in [3.63, 3.8) is 0 Å². The quantitative estimate of drug-likeness (QED) is 0.718. The van der Waals surface area contributed by atoms with Crippen molar-refractivity contribution in [1.29, 1.82) is 0 Å². The van der Waals surface area contributed by atoms with E-state index in [9.17, 15) is 14.7 Å². The van der Waals surface area contributed by atoms with Crippen molar-refractivity contribution in [3.8, 4) is 5.75 Å². The molecule has 0 bridgehead atoms. The lowest BCUT2D eigenvalue weighted by molar-refractivity contribution is -0.123. The first-order valence-corrected chi connectivity index (χ1v) is 7.76. The molecule has 0 spiro atoms. The van der Waals surface area contributed by atoms with E-state index in [4.69, 9.17) is 9.15 Å². The average Bonchev–Trinajstić information content (AvgIpc) is 3.13. The molecular formula is C19H17NO5. The highest BCUT2D eigenvalue weighted by molar-refractivity contribution is 5.97. The van der Waals surface area contributed by atoms with Gasteiger partial charge in [-0.25, -0.2) is 4.79 Å². The Balaban J connectivity index is 1.72. The number of amides is 1. The molecule has 6 heteroatoms. The molecule has 0 aliphatic heterocycles. The van der Waals surface area contributed by atoms with Crippen LogP contribution in [0.5, 0.6) is 5.75 Å². The number of benzene rings is 2. The first kappa shape index (κ1) is 16.6. The molecule has 0 unspecified atom stereocenters. The van der Waals surface area contributed by atoms with Gasteiger partial charge in [-0.15, -0.1) is 0 Å². The van der Waals surface area contributed by atoms with Crippen LogP contribution in [0, 0.1) is 0 Å². The number of hydrogen-bond donors (Lipinski definition) is 2. The molecule has 3 rings (SSSR count). The van der Waals surface area contributed by atoms with Gasteiger partial charge in [0.05, 0.1) is 12.3 Å². The second-order valence-electron chi connectivity index (χ2n) is 5.59. The lowest BCUT2D eigenvalue weighted by Gasteiger charge is -2.13. The first-order valence-electron chi connectivity index (χ1n) is 7.76. The van der Waals surface area contributed by atoms with Crippen molar-refractivity contribution < 1.29 is 23.8 Å². The van der Waals surface area contributed by atoms with Crippen molar-refractivity contribution in [2.24, 2.45) is 0 Å². The molecule has 6 nitrogen and oxygen atoms in total. The second-order valence-corrected chi connectivity index (χ2v) is 5.59. The van der Waals surface area contributed by atoms with Crippen LogP contribution in [0.3, 0.4) is 0 Å². The smallest absolute Gasteiger partial charge is 0.339 e. The normalized spacial score (nSPS) is 11.9. The van der Waals surface area contributed by atoms with E-state index in [1.165, 1.54) is 12.3 Å². The molecule has 3 aromatic rings. The molecule has 0 radical (unpaired) electrons. The van der Waals surface area contributed by atoms with Crippen LogP contribution >= 0.6 is 0 Å². The van der Waals surface area contributed by atoms with Gasteiger partial charge in [0, 0.05) is 0 Å². The Labute approximate surface area is 144 Å². The Morgan fingerprint density at radius 2 is 1.88 bits per heavy atom. The molecule has 0 fully saturated rings. The average molecular weight is 339 g/mol. The summed E-state index contributed by atoms with van der Waals surface area (Å²) in [5.41, 5.74) is 0.0191. The van der Waals surface area contributed by atoms with Gasteiger partial charge in [0.25, 0.3) is 5.91 Å². The van der Waals surface area contributed by atoms with Gasteiger partial charge in [-0.2, -0.15) is 0 Å². The predicted molar refractivity (Wildman–Crippen MR) is 91.7 cm³/mol. The molecule has 2 aromatic carbocycles. The summed E-state index contributed by atoms with van der Waals surface area (Å²) in [7, 11) is 0. The summed E-state index contributed by atoms with van der Waals surface area (Å²) < 4.78 is 10.7. The van der Waals surface area contributed by atoms with Gasteiger partial charge >= 0.3 is 5.97 Å². The minimum absolute atomic E-state index is 0.0191. The Morgan fingerprint density at radius 3 is 2.52 bits per heavy atom. The zero-order chi connectivity index (χ0) is 17.8. The Morgan fingerprint density at radius 1 is 1.16 bits per heavy atom. The maximum Gasteiger partial charge on any atom is 0.339 e. The summed E-state index contributed by atoms with van der Waals surface area (Å²) in [5.74, 6) is -0.684. The highest BCUT2D eigenvalue weighted by atomic mass is 16.5. The van der Waals surface area contributed by atoms with Crippen molar-refractivity contribution >= 4 is 22.6 Å². The fraction of sp³-hybridized carbons (Fsp3) is 0.158. The van der Waals surface area contributed by atoms with E-state index < -0.39 is 5.97 Å². The largest absolute Gasteiger partial charge is 0.483 e. The number of ether oxygens (including phenoxy) is 1. The second kappa shape index (κ2) is 7.09. The number of rotatable bonds is 6. The van der Waals surface area contributed by atoms with Crippen LogP contribution in [-0.4, -0.2) is 23.6 Å². The van der Waals surface area contributed by atoms with E-state index in [1.807, 2.05) is 24.3 Å². The third-order valence-corrected chi connectivity index (χ3v) is 3.78. The van der Waals surface area contributed by atoms with Crippen molar-refractivity contribution in [2.75, 3.05) is 6.61 Å². The standard InChI is InChI=1S/C19H17NO5/c1-12(16-7-4-8-24-16)20-18(21)11-25-17-10-14-6-3-2-5-13(14)9-15(17)19(22)23/h2-10,12H,11H2,1H3,(H,20,21)(H,22,23)/t12-/m0/s1. The first-order chi connectivity index (χ1) is 12.0. The molecule has 1 atom stereocenters. The predicted octanol–water partition coefficient (Wildman–Crippen LogP) is 3.39. The molecule has 0 aliphatic carbocycles. The van der Waals surface area contributed by atoms with Crippen LogP contribution in [0.4, 0.5) is 0 Å². The van der Waals surface area contributed by atoms with E-state index in [0.29, 0.717) is 5.76 Å². The van der Waals surface area contributed by atoms with Crippen LogP contribution < -0.4 is 10.1 Å². The van der Waals surface area contributed by atoms with Gasteiger partial charge < -0.3 is 19.6 Å². The van der Waals surface area contributed by atoms with Crippen LogP contribution in [-0.2, 0) is 4.79 Å². The van der Waals surface area contributed by atoms with Crippen LogP contribution in [0.2, 0.25) is 0 Å². The number of fused-ring (bicyclic) bond motifs is 1. The third-order valence-electron chi connectivity index (χ3n) is 3.78. The summed E-state index contributed by atoms with van der Waals surface area (Å²) in [6.45, 7) is 1.50. The van der Waals surface area contributed by atoms with Gasteiger partial charge in [-0.3, -0.25) is 4.79 Å². The fourth-order valence-corrected chi connectivity index (χ4v) is 2.54. The number of nitrogens with one attached hydrogen (secondary N) is 1. The van der Waals surface area contributed by atoms with Crippen LogP contribution in [0.1, 0.15) is 29.1 Å².